The van der Waals surface area contributed by atoms with E-state index in [1.807, 2.05) is 6.92 Å². The fourth-order valence-corrected chi connectivity index (χ4v) is 1.39. The van der Waals surface area contributed by atoms with Gasteiger partial charge >= 0.3 is 0 Å². The minimum atomic E-state index is -0.232. The van der Waals surface area contributed by atoms with E-state index in [1.165, 1.54) is 0 Å². The second-order valence-electron chi connectivity index (χ2n) is 3.54. The molecule has 6 heteroatoms. The molecule has 90 valence electrons. The van der Waals surface area contributed by atoms with E-state index in [9.17, 15) is 0 Å². The van der Waals surface area contributed by atoms with Gasteiger partial charge in [0.05, 0.1) is 24.9 Å². The first kappa shape index (κ1) is 11.5. The van der Waals surface area contributed by atoms with Crippen LogP contribution < -0.4 is 10.5 Å². The second kappa shape index (κ2) is 4.92. The normalized spacial score (nSPS) is 12.4. The molecule has 0 spiro atoms. The van der Waals surface area contributed by atoms with Gasteiger partial charge in [-0.05, 0) is 12.5 Å². The highest BCUT2D eigenvalue weighted by Gasteiger charge is 2.16. The van der Waals surface area contributed by atoms with Crippen molar-refractivity contribution in [3.63, 3.8) is 0 Å². The van der Waals surface area contributed by atoms with Crippen molar-refractivity contribution in [2.75, 3.05) is 7.11 Å². The Kier molecular flexibility index (Phi) is 3.34. The summed E-state index contributed by atoms with van der Waals surface area (Å²) in [7, 11) is 1.57. The van der Waals surface area contributed by atoms with Crippen LogP contribution in [-0.4, -0.2) is 22.3 Å². The molecule has 2 aromatic rings. The van der Waals surface area contributed by atoms with Gasteiger partial charge in [0.2, 0.25) is 5.89 Å². The molecule has 0 aromatic carbocycles. The van der Waals surface area contributed by atoms with Gasteiger partial charge in [-0.15, -0.1) is 10.2 Å². The van der Waals surface area contributed by atoms with E-state index in [4.69, 9.17) is 14.9 Å². The van der Waals surface area contributed by atoms with Crippen LogP contribution >= 0.6 is 0 Å². The molecule has 1 unspecified atom stereocenters. The van der Waals surface area contributed by atoms with Gasteiger partial charge in [0.15, 0.2) is 0 Å². The average Bonchev–Trinajstić information content (AvgIpc) is 2.87. The third kappa shape index (κ3) is 2.26. The number of pyridine rings is 1. The Hall–Kier alpha value is -1.95. The Morgan fingerprint density at radius 2 is 2.29 bits per heavy atom. The van der Waals surface area contributed by atoms with Crippen LogP contribution in [-0.2, 0) is 0 Å². The molecule has 0 aliphatic rings. The molecule has 0 radical (unpaired) electrons. The summed E-state index contributed by atoms with van der Waals surface area (Å²) in [5, 5.41) is 7.88. The number of rotatable bonds is 4. The van der Waals surface area contributed by atoms with Crippen LogP contribution in [0.2, 0.25) is 0 Å². The molecule has 0 aliphatic carbocycles. The minimum Gasteiger partial charge on any atom is -0.494 e. The van der Waals surface area contributed by atoms with Gasteiger partial charge in [-0.2, -0.15) is 0 Å². The Balaban J connectivity index is 2.37. The Morgan fingerprint density at radius 1 is 1.47 bits per heavy atom. The minimum absolute atomic E-state index is 0.232. The van der Waals surface area contributed by atoms with Crippen molar-refractivity contribution in [1.82, 2.24) is 15.2 Å². The molecule has 2 N–H and O–H groups in total. The van der Waals surface area contributed by atoms with E-state index in [0.717, 1.165) is 6.42 Å². The maximum atomic E-state index is 5.82. The highest BCUT2D eigenvalue weighted by atomic mass is 16.5. The van der Waals surface area contributed by atoms with Gasteiger partial charge in [-0.25, -0.2) is 0 Å². The van der Waals surface area contributed by atoms with Crippen LogP contribution in [0.3, 0.4) is 0 Å². The van der Waals surface area contributed by atoms with Crippen molar-refractivity contribution in [2.24, 2.45) is 5.73 Å². The van der Waals surface area contributed by atoms with Crippen LogP contribution in [0, 0.1) is 0 Å². The summed E-state index contributed by atoms with van der Waals surface area (Å²) in [6.45, 7) is 1.96. The number of hydrogen-bond donors (Lipinski definition) is 1. The number of methoxy groups -OCH3 is 1. The highest BCUT2D eigenvalue weighted by molar-refractivity contribution is 5.60. The first-order valence-electron chi connectivity index (χ1n) is 5.33. The summed E-state index contributed by atoms with van der Waals surface area (Å²) in [5.74, 6) is 1.41. The lowest BCUT2D eigenvalue weighted by atomic mass is 10.2. The summed E-state index contributed by atoms with van der Waals surface area (Å²) in [6, 6.07) is 1.53. The lowest BCUT2D eigenvalue weighted by Gasteiger charge is -2.03. The number of hydrogen-bond acceptors (Lipinski definition) is 6. The first-order valence-corrected chi connectivity index (χ1v) is 5.33. The Morgan fingerprint density at radius 3 is 3.00 bits per heavy atom. The van der Waals surface area contributed by atoms with Crippen molar-refractivity contribution in [1.29, 1.82) is 0 Å². The third-order valence-electron chi connectivity index (χ3n) is 2.43. The zero-order valence-electron chi connectivity index (χ0n) is 9.75. The maximum absolute atomic E-state index is 5.82. The van der Waals surface area contributed by atoms with Gasteiger partial charge in [0.25, 0.3) is 5.89 Å². The molecular weight excluding hydrogens is 220 g/mol. The summed E-state index contributed by atoms with van der Waals surface area (Å²) in [6.07, 6.45) is 3.98. The molecule has 0 saturated heterocycles. The molecule has 6 nitrogen and oxygen atoms in total. The number of ether oxygens (including phenoxy) is 1. The maximum Gasteiger partial charge on any atom is 0.251 e. The summed E-state index contributed by atoms with van der Waals surface area (Å²) >= 11 is 0. The number of nitrogens with zero attached hydrogens (tertiary/aromatic N) is 3. The van der Waals surface area contributed by atoms with Crippen molar-refractivity contribution in [3.05, 3.63) is 24.4 Å². The van der Waals surface area contributed by atoms with Gasteiger partial charge in [-0.3, -0.25) is 4.98 Å². The highest BCUT2D eigenvalue weighted by Crippen LogP contribution is 2.28. The lowest BCUT2D eigenvalue weighted by molar-refractivity contribution is 0.409. The van der Waals surface area contributed by atoms with Crippen LogP contribution in [0.15, 0.2) is 22.9 Å². The molecule has 1 atom stereocenters. The third-order valence-corrected chi connectivity index (χ3v) is 2.43. The summed E-state index contributed by atoms with van der Waals surface area (Å²) < 4.78 is 10.7. The van der Waals surface area contributed by atoms with E-state index in [-0.39, 0.29) is 6.04 Å². The molecule has 2 rings (SSSR count). The quantitative estimate of drug-likeness (QED) is 0.863. The van der Waals surface area contributed by atoms with Crippen LogP contribution in [0.4, 0.5) is 0 Å². The molecule has 0 saturated carbocycles. The summed E-state index contributed by atoms with van der Waals surface area (Å²) in [5.41, 5.74) is 6.53. The SMILES string of the molecule is CCC(N)c1nnc(-c2ccncc2OC)o1. The molecule has 0 fully saturated rings. The average molecular weight is 234 g/mol. The zero-order chi connectivity index (χ0) is 12.3. The topological polar surface area (TPSA) is 87.1 Å². The largest absolute Gasteiger partial charge is 0.494 e. The fraction of sp³-hybridized carbons (Fsp3) is 0.364. The van der Waals surface area contributed by atoms with Crippen LogP contribution in [0.5, 0.6) is 5.75 Å². The standard InChI is InChI=1S/C11H14N4O2/c1-3-8(12)11-15-14-10(17-11)7-4-5-13-6-9(7)16-2/h4-6,8H,3,12H2,1-2H3. The molecule has 0 amide bonds. The van der Waals surface area contributed by atoms with Crippen molar-refractivity contribution in [3.8, 4) is 17.2 Å². The predicted molar refractivity (Wildman–Crippen MR) is 61.3 cm³/mol. The lowest BCUT2D eigenvalue weighted by Crippen LogP contribution is -2.08. The molecule has 2 aromatic heterocycles. The van der Waals surface area contributed by atoms with Gasteiger partial charge in [0, 0.05) is 6.20 Å². The Bertz CT molecular complexity index is 498. The van der Waals surface area contributed by atoms with Crippen LogP contribution in [0.1, 0.15) is 25.3 Å². The fourth-order valence-electron chi connectivity index (χ4n) is 1.39. The van der Waals surface area contributed by atoms with E-state index in [1.54, 1.807) is 25.6 Å². The number of nitrogens with two attached hydrogens (primary N) is 1. The van der Waals surface area contributed by atoms with Crippen molar-refractivity contribution < 1.29 is 9.15 Å². The van der Waals surface area contributed by atoms with E-state index >= 15 is 0 Å². The van der Waals surface area contributed by atoms with E-state index in [0.29, 0.717) is 23.1 Å². The Labute approximate surface area is 98.8 Å². The predicted octanol–water partition coefficient (Wildman–Crippen LogP) is 1.55. The molecule has 17 heavy (non-hydrogen) atoms. The molecular formula is C11H14N4O2. The second-order valence-corrected chi connectivity index (χ2v) is 3.54. The van der Waals surface area contributed by atoms with Crippen LogP contribution in [0.25, 0.3) is 11.5 Å². The van der Waals surface area contributed by atoms with Crippen molar-refractivity contribution in [2.45, 2.75) is 19.4 Å². The first-order chi connectivity index (χ1) is 8.26. The molecule has 2 heterocycles. The van der Waals surface area contributed by atoms with Crippen molar-refractivity contribution >= 4 is 0 Å². The van der Waals surface area contributed by atoms with Gasteiger partial charge in [-0.1, -0.05) is 6.92 Å². The van der Waals surface area contributed by atoms with E-state index < -0.39 is 0 Å². The van der Waals surface area contributed by atoms with E-state index in [2.05, 4.69) is 15.2 Å². The smallest absolute Gasteiger partial charge is 0.251 e. The number of aromatic nitrogens is 3. The van der Waals surface area contributed by atoms with Gasteiger partial charge in [0.1, 0.15) is 5.75 Å². The zero-order valence-corrected chi connectivity index (χ0v) is 9.75. The molecule has 0 aliphatic heterocycles. The summed E-state index contributed by atoms with van der Waals surface area (Å²) in [4.78, 5) is 3.96. The van der Waals surface area contributed by atoms with Gasteiger partial charge < -0.3 is 14.9 Å². The monoisotopic (exact) mass is 234 g/mol. The molecule has 0 bridgehead atoms.